The Morgan fingerprint density at radius 1 is 0.447 bits per heavy atom. The minimum Gasteiger partial charge on any atom is -0.254 e. The Labute approximate surface area is 274 Å². The molecule has 0 spiro atoms. The molecule has 47 heavy (non-hydrogen) atoms. The quantitative estimate of drug-likeness (QED) is 0.143. The lowest BCUT2D eigenvalue weighted by atomic mass is 9.87. The molecule has 0 radical (unpaired) electrons. The molecule has 0 amide bonds. The summed E-state index contributed by atoms with van der Waals surface area (Å²) in [4.78, 5) is 9.92. The summed E-state index contributed by atoms with van der Waals surface area (Å²) in [7, 11) is -1.78. The van der Waals surface area contributed by atoms with Gasteiger partial charge in [-0.3, -0.25) is 4.98 Å². The average molecular weight is 615 g/mol. The molecule has 0 unspecified atom stereocenters. The third kappa shape index (κ3) is 3.72. The summed E-state index contributed by atoms with van der Waals surface area (Å²) in [6.45, 7) is 4.99. The standard InChI is InChI=1S/C44H30N2Si/c1-47(2)39-16-8-7-15-36(39)42-40(47)24-20-29-26-37(32-13-5-6-14-35(32)41(29)42)33-21-22-34(31-12-4-3-11-30(31)33)38-23-19-28-18-17-27-10-9-25-45-43(27)44(28)46-38/h3-26H,1-2H3. The van der Waals surface area contributed by atoms with E-state index in [1.165, 1.54) is 54.6 Å². The van der Waals surface area contributed by atoms with Gasteiger partial charge in [-0.1, -0.05) is 134 Å². The van der Waals surface area contributed by atoms with E-state index in [4.69, 9.17) is 9.97 Å². The van der Waals surface area contributed by atoms with Crippen LogP contribution < -0.4 is 10.4 Å². The van der Waals surface area contributed by atoms with Crippen molar-refractivity contribution in [1.82, 2.24) is 9.97 Å². The molecule has 0 aliphatic carbocycles. The van der Waals surface area contributed by atoms with E-state index in [-0.39, 0.29) is 0 Å². The van der Waals surface area contributed by atoms with Crippen LogP contribution in [-0.4, -0.2) is 18.0 Å². The number of pyridine rings is 2. The van der Waals surface area contributed by atoms with Crippen molar-refractivity contribution in [3.63, 3.8) is 0 Å². The summed E-state index contributed by atoms with van der Waals surface area (Å²) in [6, 6.07) is 51.4. The Hall–Kier alpha value is -5.64. The second-order valence-corrected chi connectivity index (χ2v) is 17.7. The van der Waals surface area contributed by atoms with Crippen LogP contribution in [0, 0.1) is 0 Å². The Morgan fingerprint density at radius 3 is 1.91 bits per heavy atom. The highest BCUT2D eigenvalue weighted by Gasteiger charge is 2.38. The maximum absolute atomic E-state index is 5.22. The van der Waals surface area contributed by atoms with Crippen LogP contribution in [0.2, 0.25) is 13.1 Å². The van der Waals surface area contributed by atoms with Crippen molar-refractivity contribution >= 4 is 72.6 Å². The second-order valence-electron chi connectivity index (χ2n) is 13.3. The van der Waals surface area contributed by atoms with Crippen LogP contribution in [0.4, 0.5) is 0 Å². The molecular weight excluding hydrogens is 585 g/mol. The van der Waals surface area contributed by atoms with Gasteiger partial charge in [-0.15, -0.1) is 0 Å². The van der Waals surface area contributed by atoms with Crippen LogP contribution in [0.3, 0.4) is 0 Å². The monoisotopic (exact) mass is 614 g/mol. The summed E-state index contributed by atoms with van der Waals surface area (Å²) in [5.41, 5.74) is 9.34. The molecule has 0 fully saturated rings. The Bertz CT molecular complexity index is 2780. The molecule has 1 aliphatic heterocycles. The fourth-order valence-electron chi connectivity index (χ4n) is 8.24. The number of nitrogens with zero attached hydrogens (tertiary/aromatic N) is 2. The van der Waals surface area contributed by atoms with Crippen LogP contribution >= 0.6 is 0 Å². The van der Waals surface area contributed by atoms with Crippen molar-refractivity contribution in [3.8, 4) is 33.5 Å². The first-order valence-electron chi connectivity index (χ1n) is 16.3. The fourth-order valence-corrected chi connectivity index (χ4v) is 11.3. The first-order valence-corrected chi connectivity index (χ1v) is 19.3. The molecule has 0 bridgehead atoms. The van der Waals surface area contributed by atoms with Gasteiger partial charge in [-0.2, -0.15) is 0 Å². The largest absolute Gasteiger partial charge is 0.254 e. The summed E-state index contributed by atoms with van der Waals surface area (Å²) in [6.07, 6.45) is 1.85. The predicted molar refractivity (Wildman–Crippen MR) is 203 cm³/mol. The number of aromatic nitrogens is 2. The fraction of sp³-hybridized carbons (Fsp3) is 0.0455. The number of hydrogen-bond acceptors (Lipinski definition) is 2. The molecule has 7 aromatic carbocycles. The summed E-state index contributed by atoms with van der Waals surface area (Å²) < 4.78 is 0. The molecule has 2 aromatic heterocycles. The molecule has 220 valence electrons. The van der Waals surface area contributed by atoms with E-state index in [9.17, 15) is 0 Å². The number of benzene rings is 7. The van der Waals surface area contributed by atoms with Gasteiger partial charge in [0, 0.05) is 22.5 Å². The minimum atomic E-state index is -1.78. The maximum atomic E-state index is 5.22. The second kappa shape index (κ2) is 9.68. The SMILES string of the molecule is C[Si]1(C)c2ccccc2-c2c1ccc1cc(-c3ccc(-c4ccc5ccc6cccnc6c5n4)c4ccccc34)c3ccccc3c21. The van der Waals surface area contributed by atoms with Crippen LogP contribution in [0.25, 0.3) is 87.6 Å². The van der Waals surface area contributed by atoms with E-state index < -0.39 is 8.07 Å². The van der Waals surface area contributed by atoms with Gasteiger partial charge in [0.15, 0.2) is 0 Å². The lowest BCUT2D eigenvalue weighted by molar-refractivity contribution is 1.37. The highest BCUT2D eigenvalue weighted by atomic mass is 28.3. The molecule has 0 saturated carbocycles. The third-order valence-electron chi connectivity index (χ3n) is 10.5. The van der Waals surface area contributed by atoms with Gasteiger partial charge in [0.2, 0.25) is 0 Å². The van der Waals surface area contributed by atoms with E-state index in [0.717, 1.165) is 33.1 Å². The molecule has 0 saturated heterocycles. The first kappa shape index (κ1) is 26.6. The van der Waals surface area contributed by atoms with E-state index in [0.29, 0.717) is 0 Å². The van der Waals surface area contributed by atoms with Gasteiger partial charge in [0.25, 0.3) is 0 Å². The van der Waals surface area contributed by atoms with Crippen molar-refractivity contribution < 1.29 is 0 Å². The lowest BCUT2D eigenvalue weighted by Crippen LogP contribution is -2.49. The minimum absolute atomic E-state index is 0.939. The Morgan fingerprint density at radius 2 is 1.09 bits per heavy atom. The van der Waals surface area contributed by atoms with Gasteiger partial charge in [-0.05, 0) is 83.1 Å². The molecule has 2 nitrogen and oxygen atoms in total. The molecular formula is C44H30N2Si. The van der Waals surface area contributed by atoms with E-state index in [1.807, 2.05) is 12.3 Å². The summed E-state index contributed by atoms with van der Waals surface area (Å²) in [5.74, 6) is 0. The zero-order chi connectivity index (χ0) is 31.3. The molecule has 3 heteroatoms. The van der Waals surface area contributed by atoms with Crippen LogP contribution in [0.5, 0.6) is 0 Å². The van der Waals surface area contributed by atoms with Gasteiger partial charge >= 0.3 is 0 Å². The highest BCUT2D eigenvalue weighted by Crippen LogP contribution is 2.44. The van der Waals surface area contributed by atoms with Gasteiger partial charge in [0.05, 0.1) is 16.7 Å². The summed E-state index contributed by atoms with van der Waals surface area (Å²) >= 11 is 0. The zero-order valence-corrected chi connectivity index (χ0v) is 27.3. The predicted octanol–water partition coefficient (Wildman–Crippen LogP) is 10.4. The van der Waals surface area contributed by atoms with Crippen molar-refractivity contribution in [3.05, 3.63) is 146 Å². The van der Waals surface area contributed by atoms with Crippen molar-refractivity contribution in [2.45, 2.75) is 13.1 Å². The zero-order valence-electron chi connectivity index (χ0n) is 26.3. The third-order valence-corrected chi connectivity index (χ3v) is 14.0. The van der Waals surface area contributed by atoms with Crippen molar-refractivity contribution in [2.75, 3.05) is 0 Å². The van der Waals surface area contributed by atoms with Gasteiger partial charge in [0.1, 0.15) is 8.07 Å². The lowest BCUT2D eigenvalue weighted by Gasteiger charge is -2.20. The van der Waals surface area contributed by atoms with E-state index >= 15 is 0 Å². The number of hydrogen-bond donors (Lipinski definition) is 0. The van der Waals surface area contributed by atoms with Crippen LogP contribution in [0.15, 0.2) is 146 Å². The smallest absolute Gasteiger partial charge is 0.113 e. The molecule has 10 rings (SSSR count). The van der Waals surface area contributed by atoms with E-state index in [2.05, 4.69) is 147 Å². The Kier molecular flexibility index (Phi) is 5.47. The molecule has 9 aromatic rings. The molecule has 1 aliphatic rings. The number of fused-ring (bicyclic) bond motifs is 11. The Balaban J connectivity index is 1.23. The normalized spacial score (nSPS) is 13.5. The first-order chi connectivity index (χ1) is 23.1. The molecule has 3 heterocycles. The molecule has 0 atom stereocenters. The topological polar surface area (TPSA) is 25.8 Å². The van der Waals surface area contributed by atoms with Crippen LogP contribution in [-0.2, 0) is 0 Å². The van der Waals surface area contributed by atoms with Gasteiger partial charge < -0.3 is 0 Å². The van der Waals surface area contributed by atoms with E-state index in [1.54, 1.807) is 10.4 Å². The highest BCUT2D eigenvalue weighted by molar-refractivity contribution is 7.04. The maximum Gasteiger partial charge on any atom is 0.113 e. The summed E-state index contributed by atoms with van der Waals surface area (Å²) in [5, 5.41) is 13.0. The van der Waals surface area contributed by atoms with Crippen molar-refractivity contribution in [1.29, 1.82) is 0 Å². The van der Waals surface area contributed by atoms with Crippen LogP contribution in [0.1, 0.15) is 0 Å². The van der Waals surface area contributed by atoms with Gasteiger partial charge in [-0.25, -0.2) is 4.98 Å². The molecule has 0 N–H and O–H groups in total. The van der Waals surface area contributed by atoms with Crippen molar-refractivity contribution in [2.24, 2.45) is 0 Å². The number of rotatable bonds is 2. The average Bonchev–Trinajstić information content (AvgIpc) is 3.36.